The van der Waals surface area contributed by atoms with Crippen molar-refractivity contribution in [3.63, 3.8) is 0 Å². The molecule has 0 aliphatic rings. The van der Waals surface area contributed by atoms with Gasteiger partial charge in [-0.25, -0.2) is 4.98 Å². The average molecular weight is 313 g/mol. The predicted octanol–water partition coefficient (Wildman–Crippen LogP) is 3.17. The molecule has 0 bridgehead atoms. The van der Waals surface area contributed by atoms with Crippen LogP contribution in [0.5, 0.6) is 0 Å². The van der Waals surface area contributed by atoms with Crippen molar-refractivity contribution < 1.29 is 0 Å². The van der Waals surface area contributed by atoms with E-state index >= 15 is 0 Å². The molecule has 1 aromatic heterocycles. The maximum atomic E-state index is 8.69. The molecule has 0 atom stereocenters. The zero-order chi connectivity index (χ0) is 9.30. The number of nitriles is 1. The van der Waals surface area contributed by atoms with E-state index in [2.05, 4.69) is 4.98 Å². The van der Waals surface area contributed by atoms with E-state index in [0.29, 0.717) is 25.0 Å². The third-order valence-corrected chi connectivity index (χ3v) is 3.67. The third-order valence-electron chi connectivity index (χ3n) is 1.33. The van der Waals surface area contributed by atoms with Crippen LogP contribution in [0.2, 0.25) is 10.2 Å². The number of aromatic nitrogens is 1. The molecule has 0 unspecified atom stereocenters. The van der Waals surface area contributed by atoms with E-state index < -0.39 is 0 Å². The highest BCUT2D eigenvalue weighted by molar-refractivity contribution is 14.1. The number of rotatable bonds is 0. The first-order valence-electron chi connectivity index (χ1n) is 2.99. The first kappa shape index (κ1) is 10.0. The minimum absolute atomic E-state index is 0.345. The summed E-state index contributed by atoms with van der Waals surface area (Å²) in [6.07, 6.45) is 0. The summed E-state index contributed by atoms with van der Waals surface area (Å²) in [6, 6.07) is 1.97. The number of pyridine rings is 1. The fraction of sp³-hybridized carbons (Fsp3) is 0.143. The second-order valence-electron chi connectivity index (χ2n) is 2.10. The van der Waals surface area contributed by atoms with Gasteiger partial charge in [-0.3, -0.25) is 0 Å². The van der Waals surface area contributed by atoms with Crippen LogP contribution in [0.15, 0.2) is 0 Å². The highest BCUT2D eigenvalue weighted by atomic mass is 127. The highest BCUT2D eigenvalue weighted by Crippen LogP contribution is 2.28. The van der Waals surface area contributed by atoms with Crippen LogP contribution in [-0.2, 0) is 0 Å². The Bertz CT molecular complexity index is 371. The van der Waals surface area contributed by atoms with Gasteiger partial charge in [-0.2, -0.15) is 5.26 Å². The normalized spacial score (nSPS) is 9.58. The van der Waals surface area contributed by atoms with Crippen LogP contribution in [0.4, 0.5) is 0 Å². The van der Waals surface area contributed by atoms with Gasteiger partial charge < -0.3 is 0 Å². The number of hydrogen-bond acceptors (Lipinski definition) is 2. The Labute approximate surface area is 93.6 Å². The van der Waals surface area contributed by atoms with Crippen molar-refractivity contribution in [3.05, 3.63) is 25.0 Å². The van der Waals surface area contributed by atoms with Crippen LogP contribution in [0, 0.1) is 21.8 Å². The third kappa shape index (κ3) is 1.65. The summed E-state index contributed by atoms with van der Waals surface area (Å²) in [5, 5.41) is 9.42. The standard InChI is InChI=1S/C7H3Cl2IN2/c1-3-4(2-11)5(8)6(10)7(9)12-3/h1H3. The smallest absolute Gasteiger partial charge is 0.144 e. The molecule has 1 aromatic rings. The van der Waals surface area contributed by atoms with Crippen molar-refractivity contribution >= 4 is 45.8 Å². The molecule has 12 heavy (non-hydrogen) atoms. The summed E-state index contributed by atoms with van der Waals surface area (Å²) in [6.45, 7) is 1.70. The predicted molar refractivity (Wildman–Crippen MR) is 56.4 cm³/mol. The summed E-state index contributed by atoms with van der Waals surface area (Å²) < 4.78 is 0.623. The quantitative estimate of drug-likeness (QED) is 0.545. The molecular weight excluding hydrogens is 310 g/mol. The molecule has 0 saturated heterocycles. The zero-order valence-electron chi connectivity index (χ0n) is 6.03. The Kier molecular flexibility index (Phi) is 3.16. The largest absolute Gasteiger partial charge is 0.239 e. The monoisotopic (exact) mass is 312 g/mol. The molecule has 0 aliphatic heterocycles. The lowest BCUT2D eigenvalue weighted by Crippen LogP contribution is -1.93. The maximum Gasteiger partial charge on any atom is 0.144 e. The molecule has 1 rings (SSSR count). The summed E-state index contributed by atoms with van der Waals surface area (Å²) in [7, 11) is 0. The molecule has 1 heterocycles. The minimum Gasteiger partial charge on any atom is -0.239 e. The second kappa shape index (κ2) is 3.77. The Hall–Kier alpha value is -0.0500. The van der Waals surface area contributed by atoms with Gasteiger partial charge in [-0.05, 0) is 29.5 Å². The van der Waals surface area contributed by atoms with Crippen molar-refractivity contribution in [3.8, 4) is 6.07 Å². The molecular formula is C7H3Cl2IN2. The molecule has 62 valence electrons. The van der Waals surface area contributed by atoms with E-state index in [0.717, 1.165) is 0 Å². The molecule has 0 radical (unpaired) electrons. The topological polar surface area (TPSA) is 36.7 Å². The molecule has 0 N–H and O–H groups in total. The van der Waals surface area contributed by atoms with Gasteiger partial charge in [0.15, 0.2) is 0 Å². The van der Waals surface area contributed by atoms with Crippen LogP contribution >= 0.6 is 45.8 Å². The Balaban J connectivity index is 3.54. The van der Waals surface area contributed by atoms with E-state index in [9.17, 15) is 0 Å². The lowest BCUT2D eigenvalue weighted by Gasteiger charge is -2.02. The van der Waals surface area contributed by atoms with Gasteiger partial charge in [0.05, 0.1) is 19.9 Å². The highest BCUT2D eigenvalue weighted by Gasteiger charge is 2.12. The summed E-state index contributed by atoms with van der Waals surface area (Å²) in [5.41, 5.74) is 0.957. The van der Waals surface area contributed by atoms with E-state index in [1.807, 2.05) is 28.7 Å². The van der Waals surface area contributed by atoms with Gasteiger partial charge in [-0.15, -0.1) is 0 Å². The first-order chi connectivity index (χ1) is 5.57. The summed E-state index contributed by atoms with van der Waals surface area (Å²) in [4.78, 5) is 3.96. The first-order valence-corrected chi connectivity index (χ1v) is 4.82. The molecule has 0 amide bonds. The van der Waals surface area contributed by atoms with Gasteiger partial charge >= 0.3 is 0 Å². The molecule has 0 fully saturated rings. The van der Waals surface area contributed by atoms with Crippen LogP contribution in [0.25, 0.3) is 0 Å². The summed E-state index contributed by atoms with van der Waals surface area (Å²) >= 11 is 13.5. The molecule has 0 aliphatic carbocycles. The molecule has 0 saturated carbocycles. The number of hydrogen-bond donors (Lipinski definition) is 0. The fourth-order valence-corrected chi connectivity index (χ4v) is 1.67. The van der Waals surface area contributed by atoms with E-state index in [4.69, 9.17) is 28.5 Å². The van der Waals surface area contributed by atoms with Crippen LogP contribution in [0.3, 0.4) is 0 Å². The minimum atomic E-state index is 0.345. The van der Waals surface area contributed by atoms with E-state index in [1.165, 1.54) is 0 Å². The van der Waals surface area contributed by atoms with Crippen LogP contribution in [0.1, 0.15) is 11.3 Å². The Morgan fingerprint density at radius 3 is 2.58 bits per heavy atom. The Morgan fingerprint density at radius 2 is 2.08 bits per heavy atom. The fourth-order valence-electron chi connectivity index (χ4n) is 0.741. The number of nitrogens with zero attached hydrogens (tertiary/aromatic N) is 2. The Morgan fingerprint density at radius 1 is 1.50 bits per heavy atom. The number of aryl methyl sites for hydroxylation is 1. The molecule has 2 nitrogen and oxygen atoms in total. The molecule has 0 aromatic carbocycles. The van der Waals surface area contributed by atoms with Gasteiger partial charge in [0.1, 0.15) is 11.2 Å². The van der Waals surface area contributed by atoms with E-state index in [-0.39, 0.29) is 0 Å². The van der Waals surface area contributed by atoms with Gasteiger partial charge in [0.2, 0.25) is 0 Å². The lowest BCUT2D eigenvalue weighted by molar-refractivity contribution is 1.17. The van der Waals surface area contributed by atoms with Crippen LogP contribution in [-0.4, -0.2) is 4.98 Å². The SMILES string of the molecule is Cc1nc(Cl)c(I)c(Cl)c1C#N. The van der Waals surface area contributed by atoms with Gasteiger partial charge in [-0.1, -0.05) is 23.2 Å². The second-order valence-corrected chi connectivity index (χ2v) is 3.92. The van der Waals surface area contributed by atoms with Gasteiger partial charge in [0.25, 0.3) is 0 Å². The average Bonchev–Trinajstić information content (AvgIpc) is 2.01. The van der Waals surface area contributed by atoms with Crippen molar-refractivity contribution in [1.29, 1.82) is 5.26 Å². The maximum absolute atomic E-state index is 8.69. The van der Waals surface area contributed by atoms with Crippen molar-refractivity contribution in [2.24, 2.45) is 0 Å². The lowest BCUT2D eigenvalue weighted by atomic mass is 10.2. The zero-order valence-corrected chi connectivity index (χ0v) is 9.70. The number of halogens is 3. The van der Waals surface area contributed by atoms with Crippen LogP contribution < -0.4 is 0 Å². The summed E-state index contributed by atoms with van der Waals surface area (Å²) in [5.74, 6) is 0. The van der Waals surface area contributed by atoms with Crippen molar-refractivity contribution in [2.45, 2.75) is 6.92 Å². The van der Waals surface area contributed by atoms with Gasteiger partial charge in [0, 0.05) is 0 Å². The van der Waals surface area contributed by atoms with Crippen molar-refractivity contribution in [1.82, 2.24) is 4.98 Å². The molecule has 0 spiro atoms. The van der Waals surface area contributed by atoms with E-state index in [1.54, 1.807) is 6.92 Å². The molecule has 5 heteroatoms. The van der Waals surface area contributed by atoms with Crippen molar-refractivity contribution in [2.75, 3.05) is 0 Å².